The molecule has 0 radical (unpaired) electrons. The summed E-state index contributed by atoms with van der Waals surface area (Å²) in [5.41, 5.74) is 5.46. The average Bonchev–Trinajstić information content (AvgIpc) is 3.41. The monoisotopic (exact) mass is 383 g/mol. The summed E-state index contributed by atoms with van der Waals surface area (Å²) >= 11 is 0. The fraction of sp³-hybridized carbons (Fsp3) is 0.476. The van der Waals surface area contributed by atoms with Gasteiger partial charge in [-0.1, -0.05) is 12.8 Å². The Morgan fingerprint density at radius 3 is 2.61 bits per heavy atom. The normalized spacial score (nSPS) is 18.3. The summed E-state index contributed by atoms with van der Waals surface area (Å²) in [6.07, 6.45) is 8.20. The van der Waals surface area contributed by atoms with Gasteiger partial charge in [-0.3, -0.25) is 9.59 Å². The van der Waals surface area contributed by atoms with E-state index >= 15 is 0 Å². The fourth-order valence-electron chi connectivity index (χ4n) is 4.12. The van der Waals surface area contributed by atoms with E-state index in [2.05, 4.69) is 15.8 Å². The summed E-state index contributed by atoms with van der Waals surface area (Å²) in [5, 5.41) is 7.42. The predicted molar refractivity (Wildman–Crippen MR) is 104 cm³/mol. The highest BCUT2D eigenvalue weighted by Crippen LogP contribution is 2.30. The number of rotatable bonds is 4. The molecule has 0 aromatic carbocycles. The first-order valence-electron chi connectivity index (χ1n) is 9.89. The molecule has 0 atom stereocenters. The molecular formula is C21H25N3O4. The third-order valence-corrected chi connectivity index (χ3v) is 5.62. The largest absolute Gasteiger partial charge is 0.469 e. The maximum atomic E-state index is 12.7. The number of hydrazone groups is 1. The van der Waals surface area contributed by atoms with Crippen molar-refractivity contribution in [1.82, 2.24) is 10.7 Å². The van der Waals surface area contributed by atoms with Crippen molar-refractivity contribution in [2.45, 2.75) is 64.8 Å². The van der Waals surface area contributed by atoms with E-state index in [9.17, 15) is 9.59 Å². The zero-order chi connectivity index (χ0) is 19.7. The lowest BCUT2D eigenvalue weighted by Crippen LogP contribution is -2.32. The lowest BCUT2D eigenvalue weighted by Gasteiger charge is -2.13. The van der Waals surface area contributed by atoms with Gasteiger partial charge in [-0.2, -0.15) is 5.10 Å². The van der Waals surface area contributed by atoms with Gasteiger partial charge in [0.2, 0.25) is 0 Å². The zero-order valence-corrected chi connectivity index (χ0v) is 16.3. The van der Waals surface area contributed by atoms with Crippen molar-refractivity contribution < 1.29 is 18.4 Å². The van der Waals surface area contributed by atoms with Gasteiger partial charge >= 0.3 is 0 Å². The lowest BCUT2D eigenvalue weighted by molar-refractivity contribution is 0.0906. The highest BCUT2D eigenvalue weighted by Gasteiger charge is 2.29. The number of nitrogens with zero attached hydrogens (tertiary/aromatic N) is 1. The molecule has 2 aliphatic rings. The van der Waals surface area contributed by atoms with Gasteiger partial charge in [0.25, 0.3) is 11.8 Å². The van der Waals surface area contributed by atoms with Crippen molar-refractivity contribution in [3.63, 3.8) is 0 Å². The minimum atomic E-state index is -0.314. The number of hydrogen-bond acceptors (Lipinski definition) is 5. The van der Waals surface area contributed by atoms with Gasteiger partial charge in [0.05, 0.1) is 17.5 Å². The van der Waals surface area contributed by atoms with Crippen LogP contribution in [0.3, 0.4) is 0 Å². The molecule has 7 nitrogen and oxygen atoms in total. The highest BCUT2D eigenvalue weighted by molar-refractivity contribution is 6.07. The molecule has 0 aliphatic heterocycles. The van der Waals surface area contributed by atoms with Crippen LogP contribution in [0.15, 0.2) is 26.3 Å². The van der Waals surface area contributed by atoms with Crippen LogP contribution in [0, 0.1) is 13.8 Å². The standard InChI is InChI=1S/C21H25N3O4/c1-12-18-16(23-24-20(25)15-10-11-27-13(15)2)8-5-9-17(18)28-19(12)21(26)22-14-6-3-4-7-14/h10-11,14H,3-9H2,1-2H3,(H,22,26)(H,24,25)/b23-16+. The summed E-state index contributed by atoms with van der Waals surface area (Å²) in [5.74, 6) is 1.21. The maximum absolute atomic E-state index is 12.7. The topological polar surface area (TPSA) is 96.8 Å². The third-order valence-electron chi connectivity index (χ3n) is 5.62. The molecule has 2 heterocycles. The third kappa shape index (κ3) is 3.48. The van der Waals surface area contributed by atoms with Crippen LogP contribution in [0.25, 0.3) is 0 Å². The molecule has 2 amide bonds. The number of nitrogens with one attached hydrogen (secondary N) is 2. The molecule has 0 spiro atoms. The summed E-state index contributed by atoms with van der Waals surface area (Å²) in [6.45, 7) is 3.62. The Bertz CT molecular complexity index is 932. The van der Waals surface area contributed by atoms with E-state index in [0.717, 1.165) is 67.5 Å². The smallest absolute Gasteiger partial charge is 0.287 e. The zero-order valence-electron chi connectivity index (χ0n) is 16.3. The van der Waals surface area contributed by atoms with E-state index in [4.69, 9.17) is 8.83 Å². The number of amides is 2. The Morgan fingerprint density at radius 2 is 1.89 bits per heavy atom. The van der Waals surface area contributed by atoms with Gasteiger partial charge in [0.15, 0.2) is 5.76 Å². The first-order chi connectivity index (χ1) is 13.5. The number of carbonyl (C=O) groups excluding carboxylic acids is 2. The van der Waals surface area contributed by atoms with Gasteiger partial charge in [-0.15, -0.1) is 0 Å². The van der Waals surface area contributed by atoms with Crippen molar-refractivity contribution >= 4 is 17.5 Å². The van der Waals surface area contributed by atoms with Gasteiger partial charge in [0, 0.05) is 23.6 Å². The highest BCUT2D eigenvalue weighted by atomic mass is 16.4. The van der Waals surface area contributed by atoms with Crippen molar-refractivity contribution in [1.29, 1.82) is 0 Å². The van der Waals surface area contributed by atoms with Gasteiger partial charge in [-0.05, 0) is 45.6 Å². The molecule has 1 fully saturated rings. The van der Waals surface area contributed by atoms with Gasteiger partial charge < -0.3 is 14.2 Å². The number of furan rings is 2. The molecule has 0 saturated heterocycles. The summed E-state index contributed by atoms with van der Waals surface area (Å²) < 4.78 is 11.1. The van der Waals surface area contributed by atoms with E-state index in [1.165, 1.54) is 6.26 Å². The quantitative estimate of drug-likeness (QED) is 0.788. The molecule has 28 heavy (non-hydrogen) atoms. The van der Waals surface area contributed by atoms with Crippen LogP contribution in [-0.2, 0) is 6.42 Å². The van der Waals surface area contributed by atoms with E-state index in [1.807, 2.05) is 6.92 Å². The van der Waals surface area contributed by atoms with Gasteiger partial charge in [0.1, 0.15) is 11.5 Å². The van der Waals surface area contributed by atoms with Crippen LogP contribution in [0.4, 0.5) is 0 Å². The first-order valence-corrected chi connectivity index (χ1v) is 9.89. The summed E-state index contributed by atoms with van der Waals surface area (Å²) in [4.78, 5) is 25.0. The molecular weight excluding hydrogens is 358 g/mol. The molecule has 2 aromatic heterocycles. The number of aryl methyl sites for hydroxylation is 2. The predicted octanol–water partition coefficient (Wildman–Crippen LogP) is 3.63. The Labute approximate surface area is 163 Å². The average molecular weight is 383 g/mol. The second-order valence-corrected chi connectivity index (χ2v) is 7.55. The molecule has 2 N–H and O–H groups in total. The molecule has 0 unspecified atom stereocenters. The van der Waals surface area contributed by atoms with Crippen LogP contribution in [0.5, 0.6) is 0 Å². The Morgan fingerprint density at radius 1 is 1.11 bits per heavy atom. The van der Waals surface area contributed by atoms with Crippen LogP contribution in [0.2, 0.25) is 0 Å². The van der Waals surface area contributed by atoms with Crippen molar-refractivity contribution in [2.24, 2.45) is 5.10 Å². The summed E-state index contributed by atoms with van der Waals surface area (Å²) in [7, 11) is 0. The number of carbonyl (C=O) groups is 2. The maximum Gasteiger partial charge on any atom is 0.287 e. The van der Waals surface area contributed by atoms with Crippen LogP contribution >= 0.6 is 0 Å². The van der Waals surface area contributed by atoms with Crippen molar-refractivity contribution in [3.8, 4) is 0 Å². The molecule has 2 aliphatic carbocycles. The Hall–Kier alpha value is -2.83. The van der Waals surface area contributed by atoms with Crippen LogP contribution in [0.1, 0.15) is 82.1 Å². The molecule has 2 aromatic rings. The summed E-state index contributed by atoms with van der Waals surface area (Å²) in [6, 6.07) is 1.85. The van der Waals surface area contributed by atoms with E-state index < -0.39 is 0 Å². The SMILES string of the molecule is Cc1occc1C(=O)N/N=C1\CCCc2oc(C(=O)NC3CCCC3)c(C)c21. The van der Waals surface area contributed by atoms with Crippen LogP contribution in [-0.4, -0.2) is 23.6 Å². The lowest BCUT2D eigenvalue weighted by atomic mass is 9.93. The van der Waals surface area contributed by atoms with E-state index in [0.29, 0.717) is 17.1 Å². The molecule has 7 heteroatoms. The molecule has 4 rings (SSSR count). The molecule has 1 saturated carbocycles. The van der Waals surface area contributed by atoms with Crippen molar-refractivity contribution in [3.05, 3.63) is 46.3 Å². The first kappa shape index (κ1) is 18.5. The minimum absolute atomic E-state index is 0.156. The number of fused-ring (bicyclic) bond motifs is 1. The van der Waals surface area contributed by atoms with Gasteiger partial charge in [-0.25, -0.2) is 5.43 Å². The minimum Gasteiger partial charge on any atom is -0.469 e. The van der Waals surface area contributed by atoms with E-state index in [1.54, 1.807) is 13.0 Å². The van der Waals surface area contributed by atoms with Crippen molar-refractivity contribution in [2.75, 3.05) is 0 Å². The van der Waals surface area contributed by atoms with E-state index in [-0.39, 0.29) is 17.9 Å². The molecule has 0 bridgehead atoms. The molecule has 148 valence electrons. The fourth-order valence-corrected chi connectivity index (χ4v) is 4.12. The number of hydrogen-bond donors (Lipinski definition) is 2. The Balaban J connectivity index is 1.55. The second kappa shape index (κ2) is 7.66. The second-order valence-electron chi connectivity index (χ2n) is 7.55. The van der Waals surface area contributed by atoms with Crippen LogP contribution < -0.4 is 10.7 Å². The Kier molecular flexibility index (Phi) is 5.07.